The number of rotatable bonds is 3. The van der Waals surface area contributed by atoms with E-state index in [1.807, 2.05) is 12.4 Å². The molecule has 0 unspecified atom stereocenters. The minimum atomic E-state index is 1.15. The van der Waals surface area contributed by atoms with Crippen molar-refractivity contribution in [3.05, 3.63) is 140 Å². The Balaban J connectivity index is 1.41. The molecule has 0 atom stereocenters. The van der Waals surface area contributed by atoms with Gasteiger partial charge in [-0.05, 0) is 94.7 Å². The van der Waals surface area contributed by atoms with Gasteiger partial charge in [0.2, 0.25) is 0 Å². The van der Waals surface area contributed by atoms with Crippen molar-refractivity contribution in [2.75, 3.05) is 0 Å². The molecule has 0 fully saturated rings. The Morgan fingerprint density at radius 2 is 1.21 bits per heavy atom. The molecule has 0 saturated heterocycles. The maximum Gasteiger partial charge on any atom is 0.0547 e. The lowest BCUT2D eigenvalue weighted by molar-refractivity contribution is 1.13. The molecule has 0 radical (unpaired) electrons. The number of para-hydroxylation sites is 2. The van der Waals surface area contributed by atoms with Crippen molar-refractivity contribution in [3.63, 3.8) is 0 Å². The predicted octanol–water partition coefficient (Wildman–Crippen LogP) is 8.94. The molecule has 0 saturated carbocycles. The Morgan fingerprint density at radius 1 is 0.447 bits per heavy atom. The summed E-state index contributed by atoms with van der Waals surface area (Å²) in [4.78, 5) is 4.19. The Bertz CT molecular complexity index is 2120. The Kier molecular flexibility index (Phi) is 4.52. The molecule has 0 bridgehead atoms. The van der Waals surface area contributed by atoms with Gasteiger partial charge in [0.25, 0.3) is 0 Å². The van der Waals surface area contributed by atoms with Gasteiger partial charge in [0, 0.05) is 46.1 Å². The van der Waals surface area contributed by atoms with Gasteiger partial charge < -0.3 is 9.13 Å². The van der Waals surface area contributed by atoms with Crippen molar-refractivity contribution in [1.29, 1.82) is 0 Å². The summed E-state index contributed by atoms with van der Waals surface area (Å²) in [6.07, 6.45) is 5.86. The molecule has 0 aliphatic heterocycles. The molecule has 178 valence electrons. The standard InChI is InChI=1S/C35H23N3/c1-2-8-29(9-3-1)37-18-15-26-19-27-21-32-31-11-4-5-12-33(31)38(35(32)23-28(27)22-34(26)37)30-10-6-7-25(20-30)24-13-16-36-17-14-24/h1-23H. The van der Waals surface area contributed by atoms with E-state index in [1.165, 1.54) is 54.7 Å². The van der Waals surface area contributed by atoms with Gasteiger partial charge >= 0.3 is 0 Å². The molecule has 3 heterocycles. The van der Waals surface area contributed by atoms with Crippen LogP contribution in [0.4, 0.5) is 0 Å². The molecule has 8 aromatic rings. The molecule has 0 spiro atoms. The van der Waals surface area contributed by atoms with Crippen LogP contribution in [0.3, 0.4) is 0 Å². The van der Waals surface area contributed by atoms with E-state index >= 15 is 0 Å². The minimum absolute atomic E-state index is 1.15. The second kappa shape index (κ2) is 8.19. The second-order valence-corrected chi connectivity index (χ2v) is 9.79. The van der Waals surface area contributed by atoms with E-state index in [0.29, 0.717) is 0 Å². The van der Waals surface area contributed by atoms with Crippen molar-refractivity contribution >= 4 is 43.5 Å². The van der Waals surface area contributed by atoms with Crippen LogP contribution in [0.15, 0.2) is 140 Å². The molecule has 3 aromatic heterocycles. The first-order valence-corrected chi connectivity index (χ1v) is 12.9. The van der Waals surface area contributed by atoms with Crippen LogP contribution in [0.25, 0.3) is 66.0 Å². The third-order valence-electron chi connectivity index (χ3n) is 7.59. The zero-order chi connectivity index (χ0) is 25.1. The topological polar surface area (TPSA) is 22.8 Å². The SMILES string of the molecule is c1ccc(-n2ccc3cc4cc5c6ccccc6n(-c6cccc(-c7ccncc7)c6)c5cc4cc32)cc1. The minimum Gasteiger partial charge on any atom is -0.317 e. The lowest BCUT2D eigenvalue weighted by Crippen LogP contribution is -1.94. The number of fused-ring (bicyclic) bond motifs is 5. The van der Waals surface area contributed by atoms with Gasteiger partial charge in [0.1, 0.15) is 0 Å². The van der Waals surface area contributed by atoms with Crippen LogP contribution >= 0.6 is 0 Å². The summed E-state index contributed by atoms with van der Waals surface area (Å²) in [6, 6.07) is 43.7. The second-order valence-electron chi connectivity index (χ2n) is 9.79. The van der Waals surface area contributed by atoms with E-state index < -0.39 is 0 Å². The van der Waals surface area contributed by atoms with Crippen LogP contribution < -0.4 is 0 Å². The summed E-state index contributed by atoms with van der Waals surface area (Å²) in [7, 11) is 0. The summed E-state index contributed by atoms with van der Waals surface area (Å²) in [5, 5.41) is 6.26. The highest BCUT2D eigenvalue weighted by molar-refractivity contribution is 6.15. The lowest BCUT2D eigenvalue weighted by Gasteiger charge is -2.11. The molecule has 5 aromatic carbocycles. The fourth-order valence-corrected chi connectivity index (χ4v) is 5.81. The average molecular weight is 486 g/mol. The highest BCUT2D eigenvalue weighted by atomic mass is 15.0. The van der Waals surface area contributed by atoms with Crippen molar-refractivity contribution in [2.45, 2.75) is 0 Å². The third kappa shape index (κ3) is 3.19. The molecule has 3 nitrogen and oxygen atoms in total. The zero-order valence-corrected chi connectivity index (χ0v) is 20.6. The first-order chi connectivity index (χ1) is 18.8. The van der Waals surface area contributed by atoms with Crippen LogP contribution in [0.1, 0.15) is 0 Å². The number of aromatic nitrogens is 3. The zero-order valence-electron chi connectivity index (χ0n) is 20.6. The summed E-state index contributed by atoms with van der Waals surface area (Å²) in [5.74, 6) is 0. The van der Waals surface area contributed by atoms with Gasteiger partial charge in [-0.1, -0.05) is 48.5 Å². The van der Waals surface area contributed by atoms with E-state index in [2.05, 4.69) is 142 Å². The van der Waals surface area contributed by atoms with Gasteiger partial charge in [-0.25, -0.2) is 0 Å². The van der Waals surface area contributed by atoms with Crippen LogP contribution in [-0.4, -0.2) is 14.1 Å². The largest absolute Gasteiger partial charge is 0.317 e. The molecule has 8 rings (SSSR count). The van der Waals surface area contributed by atoms with Gasteiger partial charge in [-0.15, -0.1) is 0 Å². The summed E-state index contributed by atoms with van der Waals surface area (Å²) in [6.45, 7) is 0. The van der Waals surface area contributed by atoms with E-state index in [1.54, 1.807) is 0 Å². The average Bonchev–Trinajstić information content (AvgIpc) is 3.54. The van der Waals surface area contributed by atoms with Crippen molar-refractivity contribution in [3.8, 4) is 22.5 Å². The first kappa shape index (κ1) is 21.0. The monoisotopic (exact) mass is 485 g/mol. The molecule has 0 N–H and O–H groups in total. The number of hydrogen-bond donors (Lipinski definition) is 0. The van der Waals surface area contributed by atoms with Crippen LogP contribution in [0.5, 0.6) is 0 Å². The van der Waals surface area contributed by atoms with E-state index in [4.69, 9.17) is 0 Å². The van der Waals surface area contributed by atoms with Gasteiger partial charge in [-0.3, -0.25) is 4.98 Å². The van der Waals surface area contributed by atoms with Crippen LogP contribution in [-0.2, 0) is 0 Å². The summed E-state index contributed by atoms with van der Waals surface area (Å²) in [5.41, 5.74) is 8.30. The highest BCUT2D eigenvalue weighted by Gasteiger charge is 2.15. The van der Waals surface area contributed by atoms with Crippen molar-refractivity contribution in [1.82, 2.24) is 14.1 Å². The molecular weight excluding hydrogens is 462 g/mol. The quantitative estimate of drug-likeness (QED) is 0.245. The number of hydrogen-bond acceptors (Lipinski definition) is 1. The van der Waals surface area contributed by atoms with E-state index in [-0.39, 0.29) is 0 Å². The third-order valence-corrected chi connectivity index (χ3v) is 7.59. The highest BCUT2D eigenvalue weighted by Crippen LogP contribution is 2.37. The van der Waals surface area contributed by atoms with Crippen molar-refractivity contribution in [2.24, 2.45) is 0 Å². The smallest absolute Gasteiger partial charge is 0.0547 e. The maximum absolute atomic E-state index is 4.19. The fraction of sp³-hybridized carbons (Fsp3) is 0. The lowest BCUT2D eigenvalue weighted by atomic mass is 10.0. The van der Waals surface area contributed by atoms with Gasteiger partial charge in [0.15, 0.2) is 0 Å². The van der Waals surface area contributed by atoms with Crippen LogP contribution in [0.2, 0.25) is 0 Å². The predicted molar refractivity (Wildman–Crippen MR) is 158 cm³/mol. The van der Waals surface area contributed by atoms with E-state index in [0.717, 1.165) is 11.3 Å². The maximum atomic E-state index is 4.19. The number of nitrogens with zero attached hydrogens (tertiary/aromatic N) is 3. The molecule has 0 amide bonds. The molecular formula is C35H23N3. The summed E-state index contributed by atoms with van der Waals surface area (Å²) >= 11 is 0. The first-order valence-electron chi connectivity index (χ1n) is 12.9. The number of pyridine rings is 1. The van der Waals surface area contributed by atoms with E-state index in [9.17, 15) is 0 Å². The van der Waals surface area contributed by atoms with Crippen LogP contribution in [0, 0.1) is 0 Å². The normalized spacial score (nSPS) is 11.7. The van der Waals surface area contributed by atoms with Gasteiger partial charge in [0.05, 0.1) is 16.6 Å². The fourth-order valence-electron chi connectivity index (χ4n) is 5.81. The molecule has 0 aliphatic carbocycles. The Morgan fingerprint density at radius 3 is 2.11 bits per heavy atom. The molecule has 38 heavy (non-hydrogen) atoms. The number of benzene rings is 5. The Hall–Kier alpha value is -5.15. The Labute approximate surface area is 219 Å². The summed E-state index contributed by atoms with van der Waals surface area (Å²) < 4.78 is 4.67. The van der Waals surface area contributed by atoms with Crippen molar-refractivity contribution < 1.29 is 0 Å². The molecule has 0 aliphatic rings. The molecule has 3 heteroatoms. The van der Waals surface area contributed by atoms with Gasteiger partial charge in [-0.2, -0.15) is 0 Å².